The van der Waals surface area contributed by atoms with Crippen LogP contribution in [0, 0.1) is 0 Å². The van der Waals surface area contributed by atoms with Gasteiger partial charge in [0.1, 0.15) is 12.4 Å². The molecule has 0 aliphatic heterocycles. The van der Waals surface area contributed by atoms with Gasteiger partial charge in [0.05, 0.1) is 5.60 Å². The number of halogens is 3. The molecule has 4 nitrogen and oxygen atoms in total. The molecule has 0 radical (unpaired) electrons. The van der Waals surface area contributed by atoms with E-state index in [1.807, 2.05) is 0 Å². The summed E-state index contributed by atoms with van der Waals surface area (Å²) in [5, 5.41) is 2.43. The van der Waals surface area contributed by atoms with Crippen LogP contribution in [0.3, 0.4) is 0 Å². The number of nitrogens with one attached hydrogen (secondary N) is 1. The number of carbonyl (C=O) groups is 1. The molecule has 0 spiro atoms. The summed E-state index contributed by atoms with van der Waals surface area (Å²) in [5.41, 5.74) is -0.271. The summed E-state index contributed by atoms with van der Waals surface area (Å²) in [6, 6.07) is 5.04. The average molecular weight is 291 g/mol. The van der Waals surface area contributed by atoms with E-state index in [1.54, 1.807) is 20.8 Å². The van der Waals surface area contributed by atoms with Crippen molar-refractivity contribution in [3.8, 4) is 5.75 Å². The van der Waals surface area contributed by atoms with Crippen molar-refractivity contribution >= 4 is 11.6 Å². The van der Waals surface area contributed by atoms with Crippen molar-refractivity contribution < 1.29 is 27.4 Å². The fraction of sp³-hybridized carbons (Fsp3) is 0.462. The number of hydrogen-bond acceptors (Lipinski definition) is 3. The van der Waals surface area contributed by atoms with Gasteiger partial charge in [0.15, 0.2) is 0 Å². The van der Waals surface area contributed by atoms with E-state index in [4.69, 9.17) is 4.74 Å². The minimum Gasteiger partial charge on any atom is -0.406 e. The van der Waals surface area contributed by atoms with Crippen LogP contribution in [0.2, 0.25) is 0 Å². The molecule has 7 heteroatoms. The van der Waals surface area contributed by atoms with Crippen molar-refractivity contribution in [2.75, 3.05) is 11.9 Å². The highest BCUT2D eigenvalue weighted by Crippen LogP contribution is 2.25. The lowest BCUT2D eigenvalue weighted by molar-refractivity contribution is -0.274. The second-order valence-corrected chi connectivity index (χ2v) is 5.02. The van der Waals surface area contributed by atoms with Crippen LogP contribution < -0.4 is 10.1 Å². The number of benzene rings is 1. The van der Waals surface area contributed by atoms with Crippen LogP contribution in [0.15, 0.2) is 24.3 Å². The lowest BCUT2D eigenvalue weighted by atomic mass is 10.2. The van der Waals surface area contributed by atoms with Crippen molar-refractivity contribution in [2.24, 2.45) is 0 Å². The van der Waals surface area contributed by atoms with Gasteiger partial charge in [0.25, 0.3) is 0 Å². The Hall–Kier alpha value is -1.76. The molecule has 0 unspecified atom stereocenters. The minimum atomic E-state index is -4.77. The van der Waals surface area contributed by atoms with Gasteiger partial charge < -0.3 is 14.8 Å². The molecule has 0 atom stereocenters. The van der Waals surface area contributed by atoms with Gasteiger partial charge in [-0.15, -0.1) is 13.2 Å². The Kier molecular flexibility index (Phi) is 4.99. The number of hydrogen-bond donors (Lipinski definition) is 1. The van der Waals surface area contributed by atoms with Gasteiger partial charge in [-0.3, -0.25) is 4.79 Å². The molecule has 1 aromatic rings. The molecule has 20 heavy (non-hydrogen) atoms. The molecule has 0 saturated carbocycles. The smallest absolute Gasteiger partial charge is 0.406 e. The third-order valence-corrected chi connectivity index (χ3v) is 1.99. The first-order chi connectivity index (χ1) is 9.05. The van der Waals surface area contributed by atoms with Crippen LogP contribution in [0.1, 0.15) is 20.8 Å². The van der Waals surface area contributed by atoms with Crippen molar-refractivity contribution in [1.82, 2.24) is 0 Å². The van der Waals surface area contributed by atoms with Crippen LogP contribution in [0.4, 0.5) is 18.9 Å². The molecule has 1 N–H and O–H groups in total. The summed E-state index contributed by atoms with van der Waals surface area (Å²) >= 11 is 0. The number of ether oxygens (including phenoxy) is 2. The monoisotopic (exact) mass is 291 g/mol. The first-order valence-electron chi connectivity index (χ1n) is 5.85. The first kappa shape index (κ1) is 16.3. The standard InChI is InChI=1S/C13H16F3NO3/c1-12(2,3)19-8-11(18)17-9-5-4-6-10(7-9)20-13(14,15)16/h4-7H,8H2,1-3H3,(H,17,18). The second kappa shape index (κ2) is 6.13. The van der Waals surface area contributed by atoms with Gasteiger partial charge in [0.2, 0.25) is 5.91 Å². The molecule has 0 bridgehead atoms. The van der Waals surface area contributed by atoms with E-state index in [1.165, 1.54) is 12.1 Å². The number of amides is 1. The normalized spacial score (nSPS) is 12.1. The van der Waals surface area contributed by atoms with Crippen LogP contribution in [-0.2, 0) is 9.53 Å². The van der Waals surface area contributed by atoms with Crippen molar-refractivity contribution in [1.29, 1.82) is 0 Å². The summed E-state index contributed by atoms with van der Waals surface area (Å²) in [4.78, 5) is 11.6. The highest BCUT2D eigenvalue weighted by atomic mass is 19.4. The quantitative estimate of drug-likeness (QED) is 0.925. The second-order valence-electron chi connectivity index (χ2n) is 5.02. The first-order valence-corrected chi connectivity index (χ1v) is 5.85. The predicted molar refractivity (Wildman–Crippen MR) is 67.5 cm³/mol. The van der Waals surface area contributed by atoms with E-state index in [0.717, 1.165) is 12.1 Å². The van der Waals surface area contributed by atoms with Crippen molar-refractivity contribution in [2.45, 2.75) is 32.7 Å². The molecule has 0 saturated heterocycles. The van der Waals surface area contributed by atoms with Gasteiger partial charge in [0, 0.05) is 11.8 Å². The van der Waals surface area contributed by atoms with Crippen LogP contribution in [0.5, 0.6) is 5.75 Å². The summed E-state index contributed by atoms with van der Waals surface area (Å²) in [5.74, 6) is -0.851. The van der Waals surface area contributed by atoms with Crippen molar-refractivity contribution in [3.05, 3.63) is 24.3 Å². The van der Waals surface area contributed by atoms with Gasteiger partial charge >= 0.3 is 6.36 Å². The Morgan fingerprint density at radius 3 is 2.45 bits per heavy atom. The van der Waals surface area contributed by atoms with Gasteiger partial charge in [-0.2, -0.15) is 0 Å². The molecule has 0 fully saturated rings. The number of alkyl halides is 3. The highest BCUT2D eigenvalue weighted by molar-refractivity contribution is 5.91. The van der Waals surface area contributed by atoms with E-state index in [2.05, 4.69) is 10.1 Å². The molecule has 0 aliphatic carbocycles. The molecule has 112 valence electrons. The average Bonchev–Trinajstić information content (AvgIpc) is 2.23. The van der Waals surface area contributed by atoms with Crippen LogP contribution >= 0.6 is 0 Å². The molecule has 0 aliphatic rings. The fourth-order valence-corrected chi connectivity index (χ4v) is 1.25. The van der Waals surface area contributed by atoms with E-state index in [-0.39, 0.29) is 12.3 Å². The van der Waals surface area contributed by atoms with Gasteiger partial charge in [-0.25, -0.2) is 0 Å². The molecular formula is C13H16F3NO3. The Morgan fingerprint density at radius 2 is 1.90 bits per heavy atom. The summed E-state index contributed by atoms with van der Waals surface area (Å²) in [7, 11) is 0. The van der Waals surface area contributed by atoms with E-state index < -0.39 is 23.6 Å². The highest BCUT2D eigenvalue weighted by Gasteiger charge is 2.31. The lowest BCUT2D eigenvalue weighted by Crippen LogP contribution is -2.27. The van der Waals surface area contributed by atoms with E-state index >= 15 is 0 Å². The Bertz CT molecular complexity index is 467. The minimum absolute atomic E-state index is 0.187. The summed E-state index contributed by atoms with van der Waals surface area (Å²) in [6.07, 6.45) is -4.77. The maximum absolute atomic E-state index is 12.1. The van der Waals surface area contributed by atoms with Gasteiger partial charge in [-0.1, -0.05) is 6.07 Å². The van der Waals surface area contributed by atoms with Crippen molar-refractivity contribution in [3.63, 3.8) is 0 Å². The summed E-state index contributed by atoms with van der Waals surface area (Å²) in [6.45, 7) is 5.18. The number of rotatable bonds is 4. The zero-order valence-corrected chi connectivity index (χ0v) is 11.4. The summed E-state index contributed by atoms with van der Waals surface area (Å²) < 4.78 is 45.2. The number of carbonyl (C=O) groups excluding carboxylic acids is 1. The van der Waals surface area contributed by atoms with E-state index in [9.17, 15) is 18.0 Å². The van der Waals surface area contributed by atoms with Crippen LogP contribution in [-0.4, -0.2) is 24.5 Å². The van der Waals surface area contributed by atoms with Gasteiger partial charge in [-0.05, 0) is 32.9 Å². The Labute approximate surface area is 114 Å². The topological polar surface area (TPSA) is 47.6 Å². The maximum atomic E-state index is 12.1. The van der Waals surface area contributed by atoms with Crippen LogP contribution in [0.25, 0.3) is 0 Å². The Balaban J connectivity index is 2.60. The SMILES string of the molecule is CC(C)(C)OCC(=O)Nc1cccc(OC(F)(F)F)c1. The molecule has 1 amide bonds. The Morgan fingerprint density at radius 1 is 1.25 bits per heavy atom. The third kappa shape index (κ3) is 6.98. The third-order valence-electron chi connectivity index (χ3n) is 1.99. The molecule has 0 aromatic heterocycles. The van der Waals surface area contributed by atoms with E-state index in [0.29, 0.717) is 0 Å². The fourth-order valence-electron chi connectivity index (χ4n) is 1.25. The zero-order chi connectivity index (χ0) is 15.4. The molecule has 0 heterocycles. The predicted octanol–water partition coefficient (Wildman–Crippen LogP) is 3.34. The largest absolute Gasteiger partial charge is 0.573 e. The zero-order valence-electron chi connectivity index (χ0n) is 11.4. The molecular weight excluding hydrogens is 275 g/mol. The maximum Gasteiger partial charge on any atom is 0.573 e. The molecule has 1 rings (SSSR count). The number of anilines is 1. The lowest BCUT2D eigenvalue weighted by Gasteiger charge is -2.19. The molecule has 1 aromatic carbocycles.